The van der Waals surface area contributed by atoms with E-state index in [-0.39, 0.29) is 16.9 Å². The number of nitro benzene ring substituents is 1. The molecular weight excluding hydrogens is 292 g/mol. The maximum Gasteiger partial charge on any atom is 0.296 e. The lowest BCUT2D eigenvalue weighted by Crippen LogP contribution is -1.90. The molecule has 6 heteroatoms. The molecule has 2 aromatic carbocycles. The normalized spacial score (nSPS) is 10.7. The molecule has 3 aromatic rings. The number of rotatable bonds is 3. The number of hydrogen-bond acceptors (Lipinski definition) is 5. The fourth-order valence-electron chi connectivity index (χ4n) is 2.17. The third kappa shape index (κ3) is 3.04. The molecule has 110 valence electrons. The summed E-state index contributed by atoms with van der Waals surface area (Å²) in [6.07, 6.45) is 3.27. The second kappa shape index (κ2) is 6.03. The van der Waals surface area contributed by atoms with Crippen molar-refractivity contribution in [2.75, 3.05) is 0 Å². The molecule has 1 aromatic heterocycles. The first kappa shape index (κ1) is 14.4. The van der Waals surface area contributed by atoms with Crippen molar-refractivity contribution >= 4 is 28.5 Å². The molecule has 23 heavy (non-hydrogen) atoms. The number of fused-ring (bicyclic) bond motifs is 1. The highest BCUT2D eigenvalue weighted by atomic mass is 16.6. The van der Waals surface area contributed by atoms with Gasteiger partial charge in [0.1, 0.15) is 5.69 Å². The largest absolute Gasteiger partial charge is 0.296 e. The molecule has 0 radical (unpaired) electrons. The van der Waals surface area contributed by atoms with Crippen LogP contribution in [0.25, 0.3) is 10.9 Å². The minimum absolute atomic E-state index is 0.192. The van der Waals surface area contributed by atoms with Crippen molar-refractivity contribution < 1.29 is 4.92 Å². The second-order valence-corrected chi connectivity index (χ2v) is 4.79. The van der Waals surface area contributed by atoms with Crippen LogP contribution < -0.4 is 0 Å². The molecule has 0 fully saturated rings. The highest BCUT2D eigenvalue weighted by Gasteiger charge is 2.13. The number of hydrogen-bond donors (Lipinski definition) is 0. The number of aromatic nitrogens is 1. The summed E-state index contributed by atoms with van der Waals surface area (Å²) in [4.78, 5) is 19.0. The zero-order valence-electron chi connectivity index (χ0n) is 11.9. The molecule has 0 atom stereocenters. The van der Waals surface area contributed by atoms with Crippen LogP contribution in [0.2, 0.25) is 0 Å². The molecule has 0 spiro atoms. The van der Waals surface area contributed by atoms with Crippen molar-refractivity contribution in [3.05, 3.63) is 76.0 Å². The van der Waals surface area contributed by atoms with Gasteiger partial charge in [0.2, 0.25) is 0 Å². The summed E-state index contributed by atoms with van der Waals surface area (Å²) in [6.45, 7) is 0. The number of aliphatic imine (C=N–C) groups is 1. The van der Waals surface area contributed by atoms with E-state index in [1.165, 1.54) is 18.2 Å². The summed E-state index contributed by atoms with van der Waals surface area (Å²) < 4.78 is 0. The van der Waals surface area contributed by atoms with Gasteiger partial charge in [0.05, 0.1) is 22.1 Å². The van der Waals surface area contributed by atoms with Crippen LogP contribution in [0.3, 0.4) is 0 Å². The van der Waals surface area contributed by atoms with Gasteiger partial charge in [-0.05, 0) is 35.9 Å². The molecule has 3 rings (SSSR count). The molecule has 0 bridgehead atoms. The molecule has 0 saturated heterocycles. The van der Waals surface area contributed by atoms with E-state index in [1.807, 2.05) is 36.4 Å². The summed E-state index contributed by atoms with van der Waals surface area (Å²) in [7, 11) is 0. The second-order valence-electron chi connectivity index (χ2n) is 4.79. The Labute approximate surface area is 131 Å². The molecular formula is C17H10N4O2. The standard InChI is InChI=1S/C17H10N4O2/c18-10-12-3-6-16(17(9-12)21(22)23)20-11-13-4-5-15-14(8-13)2-1-7-19-15/h1-9,11H. The predicted octanol–water partition coefficient (Wildman–Crippen LogP) is 3.77. The number of nitrogens with zero attached hydrogens (tertiary/aromatic N) is 4. The Bertz CT molecular complexity index is 974. The fraction of sp³-hybridized carbons (Fsp3) is 0. The van der Waals surface area contributed by atoms with Gasteiger partial charge in [-0.15, -0.1) is 0 Å². The number of nitriles is 1. The molecule has 0 aliphatic heterocycles. The van der Waals surface area contributed by atoms with Gasteiger partial charge < -0.3 is 0 Å². The van der Waals surface area contributed by atoms with Crippen LogP contribution in [0.15, 0.2) is 59.7 Å². The van der Waals surface area contributed by atoms with Crippen molar-refractivity contribution in [1.82, 2.24) is 4.98 Å². The molecule has 0 amide bonds. The predicted molar refractivity (Wildman–Crippen MR) is 86.8 cm³/mol. The summed E-state index contributed by atoms with van der Waals surface area (Å²) in [5, 5.41) is 20.9. The van der Waals surface area contributed by atoms with Gasteiger partial charge in [-0.25, -0.2) is 4.99 Å². The van der Waals surface area contributed by atoms with Crippen molar-refractivity contribution in [2.24, 2.45) is 4.99 Å². The summed E-state index contributed by atoms with van der Waals surface area (Å²) in [6, 6.07) is 15.5. The molecule has 0 aliphatic carbocycles. The summed E-state index contributed by atoms with van der Waals surface area (Å²) in [5.74, 6) is 0. The molecule has 1 heterocycles. The van der Waals surface area contributed by atoms with Gasteiger partial charge in [-0.2, -0.15) is 5.26 Å². The third-order valence-electron chi connectivity index (χ3n) is 3.28. The third-order valence-corrected chi connectivity index (χ3v) is 3.28. The Morgan fingerprint density at radius 1 is 1.22 bits per heavy atom. The number of nitro groups is 1. The average Bonchev–Trinajstić information content (AvgIpc) is 2.59. The Hall–Kier alpha value is -3.59. The van der Waals surface area contributed by atoms with Crippen LogP contribution in [0.4, 0.5) is 11.4 Å². The zero-order chi connectivity index (χ0) is 16.2. The lowest BCUT2D eigenvalue weighted by atomic mass is 10.1. The Morgan fingerprint density at radius 2 is 2.09 bits per heavy atom. The smallest absolute Gasteiger partial charge is 0.258 e. The highest BCUT2D eigenvalue weighted by molar-refractivity contribution is 5.90. The van der Waals surface area contributed by atoms with E-state index in [4.69, 9.17) is 5.26 Å². The van der Waals surface area contributed by atoms with Crippen molar-refractivity contribution in [3.8, 4) is 6.07 Å². The van der Waals surface area contributed by atoms with E-state index >= 15 is 0 Å². The lowest BCUT2D eigenvalue weighted by molar-refractivity contribution is -0.384. The molecule has 0 saturated carbocycles. The lowest BCUT2D eigenvalue weighted by Gasteiger charge is -1.99. The van der Waals surface area contributed by atoms with Crippen LogP contribution >= 0.6 is 0 Å². The first-order chi connectivity index (χ1) is 11.2. The van der Waals surface area contributed by atoms with Gasteiger partial charge in [0.15, 0.2) is 0 Å². The first-order valence-electron chi connectivity index (χ1n) is 6.75. The molecule has 0 N–H and O–H groups in total. The first-order valence-corrected chi connectivity index (χ1v) is 6.75. The van der Waals surface area contributed by atoms with E-state index in [0.29, 0.717) is 0 Å². The molecule has 0 unspecified atom stereocenters. The van der Waals surface area contributed by atoms with E-state index in [0.717, 1.165) is 16.5 Å². The van der Waals surface area contributed by atoms with Crippen molar-refractivity contribution in [3.63, 3.8) is 0 Å². The van der Waals surface area contributed by atoms with E-state index in [2.05, 4.69) is 9.98 Å². The minimum atomic E-state index is -0.544. The maximum absolute atomic E-state index is 11.1. The fourth-order valence-corrected chi connectivity index (χ4v) is 2.17. The van der Waals surface area contributed by atoms with Crippen molar-refractivity contribution in [2.45, 2.75) is 0 Å². The van der Waals surface area contributed by atoms with Crippen LogP contribution in [0.1, 0.15) is 11.1 Å². The summed E-state index contributed by atoms with van der Waals surface area (Å²) >= 11 is 0. The maximum atomic E-state index is 11.1. The average molecular weight is 302 g/mol. The number of benzene rings is 2. The van der Waals surface area contributed by atoms with Gasteiger partial charge in [0, 0.05) is 23.9 Å². The quantitative estimate of drug-likeness (QED) is 0.418. The van der Waals surface area contributed by atoms with E-state index in [1.54, 1.807) is 12.4 Å². The summed E-state index contributed by atoms with van der Waals surface area (Å²) in [5.41, 5.74) is 1.92. The topological polar surface area (TPSA) is 92.2 Å². The number of pyridine rings is 1. The van der Waals surface area contributed by atoms with Crippen LogP contribution in [-0.2, 0) is 0 Å². The highest BCUT2D eigenvalue weighted by Crippen LogP contribution is 2.28. The molecule has 6 nitrogen and oxygen atoms in total. The van der Waals surface area contributed by atoms with Gasteiger partial charge in [-0.1, -0.05) is 12.1 Å². The SMILES string of the molecule is N#Cc1ccc(N=Cc2ccc3ncccc3c2)c([N+](=O)[O-])c1. The van der Waals surface area contributed by atoms with E-state index in [9.17, 15) is 10.1 Å². The van der Waals surface area contributed by atoms with Gasteiger partial charge in [0.25, 0.3) is 5.69 Å². The monoisotopic (exact) mass is 302 g/mol. The molecule has 0 aliphatic rings. The van der Waals surface area contributed by atoms with Gasteiger partial charge in [-0.3, -0.25) is 15.1 Å². The van der Waals surface area contributed by atoms with Gasteiger partial charge >= 0.3 is 0 Å². The Kier molecular flexibility index (Phi) is 3.77. The minimum Gasteiger partial charge on any atom is -0.258 e. The van der Waals surface area contributed by atoms with E-state index < -0.39 is 4.92 Å². The van der Waals surface area contributed by atoms with Crippen LogP contribution in [0.5, 0.6) is 0 Å². The van der Waals surface area contributed by atoms with Crippen LogP contribution in [-0.4, -0.2) is 16.1 Å². The Balaban J connectivity index is 1.98. The Morgan fingerprint density at radius 3 is 2.87 bits per heavy atom. The van der Waals surface area contributed by atoms with Crippen molar-refractivity contribution in [1.29, 1.82) is 5.26 Å². The van der Waals surface area contributed by atoms with Crippen LogP contribution in [0, 0.1) is 21.4 Å². The zero-order valence-corrected chi connectivity index (χ0v) is 11.9.